The number of nitrogens with one attached hydrogen (secondary N) is 1. The summed E-state index contributed by atoms with van der Waals surface area (Å²) in [5.41, 5.74) is 4.17. The molecular weight excluding hydrogens is 356 g/mol. The molecule has 2 aliphatic rings. The Balaban J connectivity index is 1.75. The molecule has 0 spiro atoms. The summed E-state index contributed by atoms with van der Waals surface area (Å²) in [6, 6.07) is 17.3. The zero-order chi connectivity index (χ0) is 20.4. The lowest BCUT2D eigenvalue weighted by Gasteiger charge is -2.47. The maximum atomic E-state index is 13.5. The zero-order valence-electron chi connectivity index (χ0n) is 18.1. The summed E-state index contributed by atoms with van der Waals surface area (Å²) in [6.45, 7) is 7.58. The Morgan fingerprint density at radius 3 is 2.24 bits per heavy atom. The minimum absolute atomic E-state index is 0.0123. The first-order valence-corrected chi connectivity index (χ1v) is 11.2. The number of hydrogen-bond acceptors (Lipinski definition) is 2. The lowest BCUT2D eigenvalue weighted by atomic mass is 9.81. The van der Waals surface area contributed by atoms with Crippen molar-refractivity contribution < 1.29 is 4.79 Å². The van der Waals surface area contributed by atoms with Gasteiger partial charge in [-0.1, -0.05) is 61.4 Å². The third kappa shape index (κ3) is 3.73. The van der Waals surface area contributed by atoms with Gasteiger partial charge in [0.2, 0.25) is 0 Å². The summed E-state index contributed by atoms with van der Waals surface area (Å²) >= 11 is 0. The summed E-state index contributed by atoms with van der Waals surface area (Å²) in [5, 5.41) is 3.53. The first kappa shape index (κ1) is 20.2. The van der Waals surface area contributed by atoms with Crippen molar-refractivity contribution in [3.05, 3.63) is 70.8 Å². The average molecular weight is 391 g/mol. The molecule has 0 bridgehead atoms. The van der Waals surface area contributed by atoms with Crippen molar-refractivity contribution in [2.45, 2.75) is 76.9 Å². The Morgan fingerprint density at radius 1 is 1.00 bits per heavy atom. The van der Waals surface area contributed by atoms with E-state index in [1.165, 1.54) is 31.2 Å². The summed E-state index contributed by atoms with van der Waals surface area (Å²) in [4.78, 5) is 16.3. The second-order valence-corrected chi connectivity index (χ2v) is 9.08. The van der Waals surface area contributed by atoms with E-state index < -0.39 is 0 Å². The smallest absolute Gasteiger partial charge is 0.252 e. The molecule has 1 aliphatic heterocycles. The second-order valence-electron chi connectivity index (χ2n) is 9.08. The van der Waals surface area contributed by atoms with E-state index in [0.29, 0.717) is 6.04 Å². The Labute approximate surface area is 175 Å². The van der Waals surface area contributed by atoms with Gasteiger partial charge in [-0.15, -0.1) is 0 Å². The molecular formula is C26H34N2O. The number of aryl methyl sites for hydroxylation is 2. The van der Waals surface area contributed by atoms with Gasteiger partial charge in [-0.25, -0.2) is 0 Å². The van der Waals surface area contributed by atoms with Gasteiger partial charge in [0, 0.05) is 17.1 Å². The van der Waals surface area contributed by atoms with Gasteiger partial charge in [0.1, 0.15) is 0 Å². The molecule has 2 fully saturated rings. The Hall–Kier alpha value is -2.13. The highest BCUT2D eigenvalue weighted by atomic mass is 16.1. The predicted molar refractivity (Wildman–Crippen MR) is 119 cm³/mol. The predicted octanol–water partition coefficient (Wildman–Crippen LogP) is 5.57. The molecule has 1 amide bonds. The maximum absolute atomic E-state index is 13.5. The third-order valence-electron chi connectivity index (χ3n) is 7.25. The monoisotopic (exact) mass is 390 g/mol. The molecule has 3 nitrogen and oxygen atoms in total. The van der Waals surface area contributed by atoms with E-state index in [-0.39, 0.29) is 17.5 Å². The molecule has 1 N–H and O–H groups in total. The topological polar surface area (TPSA) is 32.3 Å². The largest absolute Gasteiger partial charge is 0.343 e. The van der Waals surface area contributed by atoms with Crippen molar-refractivity contribution in [3.63, 3.8) is 0 Å². The highest BCUT2D eigenvalue weighted by Gasteiger charge is 2.49. The van der Waals surface area contributed by atoms with Crippen molar-refractivity contribution in [2.24, 2.45) is 0 Å². The van der Waals surface area contributed by atoms with Crippen molar-refractivity contribution in [2.75, 3.05) is 6.54 Å². The third-order valence-corrected chi connectivity index (χ3v) is 7.25. The Bertz CT molecular complexity index is 834. The fourth-order valence-corrected chi connectivity index (χ4v) is 5.87. The summed E-state index contributed by atoms with van der Waals surface area (Å²) in [7, 11) is 0. The van der Waals surface area contributed by atoms with Crippen LogP contribution in [0.1, 0.15) is 78.5 Å². The molecule has 2 unspecified atom stereocenters. The molecule has 2 aromatic carbocycles. The number of carbonyl (C=O) groups excluding carboxylic acids is 1. The Kier molecular flexibility index (Phi) is 5.78. The van der Waals surface area contributed by atoms with Crippen molar-refractivity contribution in [3.8, 4) is 0 Å². The molecule has 29 heavy (non-hydrogen) atoms. The quantitative estimate of drug-likeness (QED) is 0.724. The van der Waals surface area contributed by atoms with Crippen LogP contribution in [0.3, 0.4) is 0 Å². The van der Waals surface area contributed by atoms with E-state index in [1.807, 2.05) is 32.0 Å². The standard InChI is InChI=1S/C26H34N2O/c1-19-11-9-12-20(2)23(19)25(29)27-24(22-14-5-4-6-15-22)26(16-7-8-17-26)28-18-10-13-21(28)3/h4-6,9,11-12,14-15,21,24H,7-8,10,13,16-18H2,1-3H3,(H,27,29). The fourth-order valence-electron chi connectivity index (χ4n) is 5.87. The van der Waals surface area contributed by atoms with Crippen molar-refractivity contribution in [1.29, 1.82) is 0 Å². The van der Waals surface area contributed by atoms with E-state index >= 15 is 0 Å². The Morgan fingerprint density at radius 2 is 1.66 bits per heavy atom. The van der Waals surface area contributed by atoms with Gasteiger partial charge >= 0.3 is 0 Å². The van der Waals surface area contributed by atoms with E-state index in [9.17, 15) is 4.79 Å². The lowest BCUT2D eigenvalue weighted by Crippen LogP contribution is -2.57. The van der Waals surface area contributed by atoms with Crippen molar-refractivity contribution >= 4 is 5.91 Å². The number of hydrogen-bond donors (Lipinski definition) is 1. The fraction of sp³-hybridized carbons (Fsp3) is 0.500. The molecule has 154 valence electrons. The van der Waals surface area contributed by atoms with Gasteiger partial charge in [0.05, 0.1) is 6.04 Å². The van der Waals surface area contributed by atoms with Crippen LogP contribution in [0.2, 0.25) is 0 Å². The molecule has 2 aromatic rings. The van der Waals surface area contributed by atoms with Crippen LogP contribution in [0.5, 0.6) is 0 Å². The molecule has 1 aliphatic carbocycles. The molecule has 0 aromatic heterocycles. The number of amides is 1. The van der Waals surface area contributed by atoms with Crippen LogP contribution in [0.25, 0.3) is 0 Å². The van der Waals surface area contributed by atoms with E-state index in [1.54, 1.807) is 0 Å². The lowest BCUT2D eigenvalue weighted by molar-refractivity contribution is 0.0431. The van der Waals surface area contributed by atoms with Crippen molar-refractivity contribution in [1.82, 2.24) is 10.2 Å². The van der Waals surface area contributed by atoms with Crippen LogP contribution in [0.15, 0.2) is 48.5 Å². The molecule has 3 heteroatoms. The first-order chi connectivity index (χ1) is 14.0. The van der Waals surface area contributed by atoms with Gasteiger partial charge in [0.15, 0.2) is 0 Å². The maximum Gasteiger partial charge on any atom is 0.252 e. The minimum Gasteiger partial charge on any atom is -0.343 e. The van der Waals surface area contributed by atoms with Crippen LogP contribution in [-0.2, 0) is 0 Å². The number of rotatable bonds is 5. The first-order valence-electron chi connectivity index (χ1n) is 11.2. The molecule has 2 atom stereocenters. The number of nitrogens with zero attached hydrogens (tertiary/aromatic N) is 1. The van der Waals surface area contributed by atoms with Gasteiger partial charge < -0.3 is 5.32 Å². The van der Waals surface area contributed by atoms with E-state index in [4.69, 9.17) is 0 Å². The van der Waals surface area contributed by atoms with Gasteiger partial charge in [-0.3, -0.25) is 9.69 Å². The van der Waals surface area contributed by atoms with Gasteiger partial charge in [-0.05, 0) is 69.7 Å². The van der Waals surface area contributed by atoms with Crippen LogP contribution in [0, 0.1) is 13.8 Å². The van der Waals surface area contributed by atoms with Crippen LogP contribution in [-0.4, -0.2) is 28.9 Å². The van der Waals surface area contributed by atoms with Crippen LogP contribution >= 0.6 is 0 Å². The molecule has 1 saturated heterocycles. The zero-order valence-corrected chi connectivity index (χ0v) is 18.1. The molecule has 1 heterocycles. The number of benzene rings is 2. The van der Waals surface area contributed by atoms with E-state index in [2.05, 4.69) is 47.5 Å². The SMILES string of the molecule is Cc1cccc(C)c1C(=O)NC(c1ccccc1)C1(N2CCCC2C)CCCC1. The van der Waals surface area contributed by atoms with Crippen LogP contribution in [0.4, 0.5) is 0 Å². The minimum atomic E-state index is 0.0123. The summed E-state index contributed by atoms with van der Waals surface area (Å²) < 4.78 is 0. The molecule has 0 radical (unpaired) electrons. The highest BCUT2D eigenvalue weighted by molar-refractivity contribution is 5.97. The second kappa shape index (κ2) is 8.31. The molecule has 1 saturated carbocycles. The normalized spacial score (nSPS) is 22.5. The molecule has 4 rings (SSSR count). The number of carbonyl (C=O) groups is 1. The summed E-state index contributed by atoms with van der Waals surface area (Å²) in [6.07, 6.45) is 7.31. The van der Waals surface area contributed by atoms with Crippen LogP contribution < -0.4 is 5.32 Å². The van der Waals surface area contributed by atoms with Gasteiger partial charge in [0.25, 0.3) is 5.91 Å². The van der Waals surface area contributed by atoms with E-state index in [0.717, 1.165) is 36.1 Å². The average Bonchev–Trinajstić information content (AvgIpc) is 3.36. The number of likely N-dealkylation sites (tertiary alicyclic amines) is 1. The highest BCUT2D eigenvalue weighted by Crippen LogP contribution is 2.47. The summed E-state index contributed by atoms with van der Waals surface area (Å²) in [5.74, 6) is 0.0626. The van der Waals surface area contributed by atoms with Gasteiger partial charge in [-0.2, -0.15) is 0 Å².